The largest absolute Gasteiger partial charge is 0.497 e. The zero-order valence-electron chi connectivity index (χ0n) is 10.8. The van der Waals surface area contributed by atoms with Crippen LogP contribution in [0.15, 0.2) is 54.6 Å². The van der Waals surface area contributed by atoms with Crippen molar-refractivity contribution in [3.8, 4) is 5.75 Å². The van der Waals surface area contributed by atoms with Crippen LogP contribution in [0.3, 0.4) is 0 Å². The second-order valence-corrected chi connectivity index (χ2v) is 4.15. The van der Waals surface area contributed by atoms with E-state index in [2.05, 4.69) is 5.32 Å². The van der Waals surface area contributed by atoms with E-state index in [9.17, 15) is 4.79 Å². The highest BCUT2D eigenvalue weighted by molar-refractivity contribution is 5.79. The molecule has 3 heteroatoms. The third-order valence-corrected chi connectivity index (χ3v) is 2.72. The summed E-state index contributed by atoms with van der Waals surface area (Å²) in [6, 6.07) is 17.2. The van der Waals surface area contributed by atoms with Crippen LogP contribution < -0.4 is 10.1 Å². The molecule has 0 heterocycles. The van der Waals surface area contributed by atoms with Crippen LogP contribution in [0.2, 0.25) is 0 Å². The first-order valence-electron chi connectivity index (χ1n) is 6.08. The van der Waals surface area contributed by atoms with Crippen molar-refractivity contribution < 1.29 is 9.53 Å². The Hall–Kier alpha value is -2.29. The molecule has 2 aromatic rings. The minimum absolute atomic E-state index is 0.0259. The van der Waals surface area contributed by atoms with E-state index >= 15 is 0 Å². The highest BCUT2D eigenvalue weighted by Crippen LogP contribution is 2.11. The number of hydrogen-bond acceptors (Lipinski definition) is 2. The molecule has 0 saturated heterocycles. The van der Waals surface area contributed by atoms with Crippen molar-refractivity contribution in [2.45, 2.75) is 6.42 Å². The Morgan fingerprint density at radius 1 is 1.11 bits per heavy atom. The zero-order chi connectivity index (χ0) is 13.5. The van der Waals surface area contributed by atoms with Crippen LogP contribution >= 0.6 is 0 Å². The number of benzene rings is 2. The Bertz CT molecular complexity index is 520. The number of carbonyl (C=O) groups excluding carboxylic acids is 1. The molecule has 2 aromatic carbocycles. The minimum atomic E-state index is -0.0259. The van der Waals surface area contributed by atoms with Crippen molar-refractivity contribution in [3.63, 3.8) is 0 Å². The third-order valence-electron chi connectivity index (χ3n) is 2.72. The van der Waals surface area contributed by atoms with Crippen molar-refractivity contribution in [1.29, 1.82) is 0 Å². The fourth-order valence-corrected chi connectivity index (χ4v) is 1.70. The maximum Gasteiger partial charge on any atom is 0.224 e. The van der Waals surface area contributed by atoms with Crippen LogP contribution in [0.5, 0.6) is 5.75 Å². The van der Waals surface area contributed by atoms with Gasteiger partial charge in [0.15, 0.2) is 0 Å². The quantitative estimate of drug-likeness (QED) is 0.890. The van der Waals surface area contributed by atoms with Crippen molar-refractivity contribution in [3.05, 3.63) is 72.3 Å². The summed E-state index contributed by atoms with van der Waals surface area (Å²) in [5.41, 5.74) is 1.94. The van der Waals surface area contributed by atoms with Gasteiger partial charge in [0.25, 0.3) is 0 Å². The second kappa shape index (κ2) is 6.59. The standard InChI is InChI=1S/C16H16NO2/c1-19-15-9-7-14(8-10-15)12-17-16(18)11-13-5-3-2-4-6-13/h2-10,12H,11H2,1H3,(H,17,18). The molecular weight excluding hydrogens is 238 g/mol. The molecule has 1 N–H and O–H groups in total. The summed E-state index contributed by atoms with van der Waals surface area (Å²) in [7, 11) is 1.63. The topological polar surface area (TPSA) is 38.3 Å². The zero-order valence-corrected chi connectivity index (χ0v) is 10.8. The fraction of sp³-hybridized carbons (Fsp3) is 0.125. The lowest BCUT2D eigenvalue weighted by molar-refractivity contribution is -0.119. The molecule has 0 atom stereocenters. The van der Waals surface area contributed by atoms with E-state index in [0.717, 1.165) is 16.9 Å². The van der Waals surface area contributed by atoms with E-state index in [4.69, 9.17) is 4.74 Å². The molecule has 1 amide bonds. The fourth-order valence-electron chi connectivity index (χ4n) is 1.70. The van der Waals surface area contributed by atoms with E-state index in [1.54, 1.807) is 13.7 Å². The summed E-state index contributed by atoms with van der Waals surface area (Å²) in [6.07, 6.45) is 0.382. The van der Waals surface area contributed by atoms with Gasteiger partial charge in [-0.25, -0.2) is 0 Å². The summed E-state index contributed by atoms with van der Waals surface area (Å²) in [5.74, 6) is 0.773. The maximum atomic E-state index is 11.7. The number of nitrogens with one attached hydrogen (secondary N) is 1. The molecule has 0 saturated carbocycles. The lowest BCUT2D eigenvalue weighted by atomic mass is 10.1. The van der Waals surface area contributed by atoms with Crippen LogP contribution in [0, 0.1) is 6.54 Å². The third kappa shape index (κ3) is 4.14. The van der Waals surface area contributed by atoms with Gasteiger partial charge < -0.3 is 10.1 Å². The Morgan fingerprint density at radius 3 is 2.42 bits per heavy atom. The Labute approximate surface area is 113 Å². The number of ether oxygens (including phenoxy) is 1. The maximum absolute atomic E-state index is 11.7. The molecule has 1 radical (unpaired) electrons. The van der Waals surface area contributed by atoms with Gasteiger partial charge in [0, 0.05) is 0 Å². The van der Waals surface area contributed by atoms with Gasteiger partial charge in [-0.1, -0.05) is 42.5 Å². The number of carbonyl (C=O) groups is 1. The van der Waals surface area contributed by atoms with Crippen LogP contribution in [0.25, 0.3) is 0 Å². The smallest absolute Gasteiger partial charge is 0.224 e. The first-order chi connectivity index (χ1) is 9.28. The van der Waals surface area contributed by atoms with E-state index in [-0.39, 0.29) is 5.91 Å². The lowest BCUT2D eigenvalue weighted by Crippen LogP contribution is -2.22. The molecular formula is C16H16NO2. The molecule has 19 heavy (non-hydrogen) atoms. The SMILES string of the molecule is COc1ccc([CH]NC(=O)Cc2ccccc2)cc1. The van der Waals surface area contributed by atoms with Gasteiger partial charge in [0.2, 0.25) is 5.91 Å². The van der Waals surface area contributed by atoms with E-state index in [1.807, 2.05) is 54.6 Å². The molecule has 0 aliphatic carbocycles. The highest BCUT2D eigenvalue weighted by atomic mass is 16.5. The number of methoxy groups -OCH3 is 1. The van der Waals surface area contributed by atoms with Crippen LogP contribution in [-0.4, -0.2) is 13.0 Å². The van der Waals surface area contributed by atoms with E-state index < -0.39 is 0 Å². The molecule has 97 valence electrons. The monoisotopic (exact) mass is 254 g/mol. The summed E-state index contributed by atoms with van der Waals surface area (Å²) in [4.78, 5) is 11.7. The van der Waals surface area contributed by atoms with Gasteiger partial charge in [-0.2, -0.15) is 0 Å². The average Bonchev–Trinajstić information content (AvgIpc) is 2.47. The summed E-state index contributed by atoms with van der Waals surface area (Å²) in [6.45, 7) is 1.70. The predicted molar refractivity (Wildman–Crippen MR) is 74.7 cm³/mol. The average molecular weight is 254 g/mol. The van der Waals surface area contributed by atoms with Crippen molar-refractivity contribution in [1.82, 2.24) is 5.32 Å². The number of rotatable bonds is 5. The molecule has 3 nitrogen and oxygen atoms in total. The first-order valence-corrected chi connectivity index (χ1v) is 6.08. The highest BCUT2D eigenvalue weighted by Gasteiger charge is 2.03. The molecule has 0 aromatic heterocycles. The van der Waals surface area contributed by atoms with Crippen LogP contribution in [-0.2, 0) is 11.2 Å². The van der Waals surface area contributed by atoms with E-state index in [1.165, 1.54) is 0 Å². The van der Waals surface area contributed by atoms with E-state index in [0.29, 0.717) is 6.42 Å². The molecule has 2 rings (SSSR count). The van der Waals surface area contributed by atoms with Gasteiger partial charge in [-0.15, -0.1) is 0 Å². The van der Waals surface area contributed by atoms with Crippen LogP contribution in [0.1, 0.15) is 11.1 Å². The summed E-state index contributed by atoms with van der Waals surface area (Å²) >= 11 is 0. The Morgan fingerprint density at radius 2 is 1.79 bits per heavy atom. The second-order valence-electron chi connectivity index (χ2n) is 4.15. The van der Waals surface area contributed by atoms with Gasteiger partial charge in [-0.05, 0) is 23.3 Å². The van der Waals surface area contributed by atoms with Crippen LogP contribution in [0.4, 0.5) is 0 Å². The molecule has 0 unspecified atom stereocenters. The summed E-state index contributed by atoms with van der Waals surface area (Å²) < 4.78 is 5.07. The molecule has 0 fully saturated rings. The van der Waals surface area contributed by atoms with Gasteiger partial charge in [0.05, 0.1) is 20.1 Å². The van der Waals surface area contributed by atoms with Crippen molar-refractivity contribution >= 4 is 5.91 Å². The Balaban J connectivity index is 1.83. The van der Waals surface area contributed by atoms with Gasteiger partial charge >= 0.3 is 0 Å². The minimum Gasteiger partial charge on any atom is -0.497 e. The molecule has 0 spiro atoms. The molecule has 0 bridgehead atoms. The van der Waals surface area contributed by atoms with Crippen molar-refractivity contribution in [2.75, 3.05) is 7.11 Å². The number of amides is 1. The molecule has 0 aliphatic heterocycles. The normalized spacial score (nSPS) is 9.95. The van der Waals surface area contributed by atoms with Crippen molar-refractivity contribution in [2.24, 2.45) is 0 Å². The lowest BCUT2D eigenvalue weighted by Gasteiger charge is -2.06. The van der Waals surface area contributed by atoms with Gasteiger partial charge in [0.1, 0.15) is 5.75 Å². The molecule has 0 aliphatic rings. The number of hydrogen-bond donors (Lipinski definition) is 1. The first kappa shape index (κ1) is 13.1. The Kier molecular flexibility index (Phi) is 4.56. The summed E-state index contributed by atoms with van der Waals surface area (Å²) in [5, 5.41) is 2.78. The van der Waals surface area contributed by atoms with Gasteiger partial charge in [-0.3, -0.25) is 4.79 Å². The predicted octanol–water partition coefficient (Wildman–Crippen LogP) is 2.56.